The van der Waals surface area contributed by atoms with Gasteiger partial charge >= 0.3 is 0 Å². The van der Waals surface area contributed by atoms with Gasteiger partial charge in [0.15, 0.2) is 0 Å². The first-order valence-electron chi connectivity index (χ1n) is 6.81. The van der Waals surface area contributed by atoms with Crippen LogP contribution in [0.15, 0.2) is 66.8 Å². The molecule has 0 heterocycles. The predicted molar refractivity (Wildman–Crippen MR) is 87.9 cm³/mol. The molecule has 0 N–H and O–H groups in total. The lowest BCUT2D eigenvalue weighted by molar-refractivity contribution is 0.414. The highest BCUT2D eigenvalue weighted by atomic mass is 16.5. The molecule has 0 aliphatic rings. The molecule has 2 rings (SSSR count). The number of rotatable bonds is 5. The van der Waals surface area contributed by atoms with Crippen molar-refractivity contribution in [1.82, 2.24) is 0 Å². The largest absolute Gasteiger partial charge is 0.497 e. The highest BCUT2D eigenvalue weighted by molar-refractivity contribution is 5.83. The molecule has 2 aromatic carbocycles. The van der Waals surface area contributed by atoms with Crippen molar-refractivity contribution >= 4 is 5.57 Å². The van der Waals surface area contributed by atoms with Crippen molar-refractivity contribution in [3.05, 3.63) is 77.9 Å². The Morgan fingerprint density at radius 2 is 1.19 bits per heavy atom. The molecular formula is C19H20O2. The van der Waals surface area contributed by atoms with Gasteiger partial charge in [0, 0.05) is 0 Å². The fraction of sp³-hybridized carbons (Fsp3) is 0.158. The minimum absolute atomic E-state index is 0.851. The van der Waals surface area contributed by atoms with Crippen LogP contribution in [0.4, 0.5) is 0 Å². The van der Waals surface area contributed by atoms with Crippen LogP contribution < -0.4 is 9.47 Å². The van der Waals surface area contributed by atoms with Crippen LogP contribution in [0, 0.1) is 0 Å². The van der Waals surface area contributed by atoms with Gasteiger partial charge < -0.3 is 9.47 Å². The first-order chi connectivity index (χ1) is 10.2. The van der Waals surface area contributed by atoms with E-state index in [9.17, 15) is 0 Å². The second-order valence-corrected chi connectivity index (χ2v) is 4.72. The number of methoxy groups -OCH3 is 2. The van der Waals surface area contributed by atoms with Gasteiger partial charge in [0.25, 0.3) is 0 Å². The van der Waals surface area contributed by atoms with Gasteiger partial charge in [0.05, 0.1) is 14.2 Å². The lowest BCUT2D eigenvalue weighted by Crippen LogP contribution is -1.92. The fourth-order valence-electron chi connectivity index (χ4n) is 2.24. The van der Waals surface area contributed by atoms with Crippen molar-refractivity contribution in [1.29, 1.82) is 0 Å². The molecule has 0 saturated carbocycles. The second-order valence-electron chi connectivity index (χ2n) is 4.72. The van der Waals surface area contributed by atoms with E-state index in [1.165, 1.54) is 0 Å². The summed E-state index contributed by atoms with van der Waals surface area (Å²) in [6.45, 7) is 5.96. The highest BCUT2D eigenvalue weighted by Gasteiger charge is 2.08. The zero-order valence-electron chi connectivity index (χ0n) is 12.7. The Labute approximate surface area is 126 Å². The average molecular weight is 280 g/mol. The maximum atomic E-state index is 5.22. The van der Waals surface area contributed by atoms with Crippen LogP contribution in [0.1, 0.15) is 18.1 Å². The number of hydrogen-bond donors (Lipinski definition) is 0. The Hall–Kier alpha value is -2.48. The van der Waals surface area contributed by atoms with E-state index >= 15 is 0 Å². The maximum Gasteiger partial charge on any atom is 0.118 e. The number of benzene rings is 2. The van der Waals surface area contributed by atoms with Crippen LogP contribution in [-0.4, -0.2) is 14.2 Å². The minimum atomic E-state index is 0.851. The quantitative estimate of drug-likeness (QED) is 0.738. The molecule has 0 saturated heterocycles. The van der Waals surface area contributed by atoms with Gasteiger partial charge in [0.2, 0.25) is 0 Å². The molecule has 0 radical (unpaired) electrons. The molecule has 2 nitrogen and oxygen atoms in total. The topological polar surface area (TPSA) is 18.5 Å². The molecule has 0 aromatic heterocycles. The third kappa shape index (κ3) is 3.34. The first kappa shape index (κ1) is 14.9. The van der Waals surface area contributed by atoms with Crippen LogP contribution in [0.25, 0.3) is 5.57 Å². The number of ether oxygens (including phenoxy) is 2. The van der Waals surface area contributed by atoms with Gasteiger partial charge in [-0.1, -0.05) is 36.9 Å². The molecule has 0 fully saturated rings. The average Bonchev–Trinajstić information content (AvgIpc) is 2.56. The normalized spacial score (nSPS) is 9.86. The molecule has 0 unspecified atom stereocenters. The molecule has 21 heavy (non-hydrogen) atoms. The van der Waals surface area contributed by atoms with E-state index in [0.717, 1.165) is 33.8 Å². The smallest absolute Gasteiger partial charge is 0.118 e. The zero-order chi connectivity index (χ0) is 15.2. The Kier molecular flexibility index (Phi) is 4.83. The van der Waals surface area contributed by atoms with Gasteiger partial charge in [-0.05, 0) is 53.5 Å². The SMILES string of the molecule is C=CC(C)=C(c1ccc(OC)cc1)c1ccc(OC)cc1. The third-order valence-corrected chi connectivity index (χ3v) is 3.46. The number of hydrogen-bond acceptors (Lipinski definition) is 2. The summed E-state index contributed by atoms with van der Waals surface area (Å²) in [5.41, 5.74) is 4.57. The Balaban J connectivity index is 2.49. The summed E-state index contributed by atoms with van der Waals surface area (Å²) in [6, 6.07) is 16.1. The molecule has 0 aliphatic heterocycles. The lowest BCUT2D eigenvalue weighted by atomic mass is 9.93. The van der Waals surface area contributed by atoms with Crippen molar-refractivity contribution in [2.24, 2.45) is 0 Å². The molecule has 0 spiro atoms. The van der Waals surface area contributed by atoms with Gasteiger partial charge in [-0.2, -0.15) is 0 Å². The van der Waals surface area contributed by atoms with Crippen molar-refractivity contribution < 1.29 is 9.47 Å². The van der Waals surface area contributed by atoms with Crippen molar-refractivity contribution in [2.45, 2.75) is 6.92 Å². The van der Waals surface area contributed by atoms with Gasteiger partial charge in [-0.15, -0.1) is 0 Å². The molecule has 0 bridgehead atoms. The summed E-state index contributed by atoms with van der Waals surface area (Å²) < 4.78 is 10.4. The zero-order valence-corrected chi connectivity index (χ0v) is 12.7. The Bertz CT molecular complexity index is 585. The highest BCUT2D eigenvalue weighted by Crippen LogP contribution is 2.29. The number of allylic oxidation sites excluding steroid dienone is 2. The molecular weight excluding hydrogens is 260 g/mol. The summed E-state index contributed by atoms with van der Waals surface area (Å²) in [5.74, 6) is 1.70. The van der Waals surface area contributed by atoms with E-state index < -0.39 is 0 Å². The van der Waals surface area contributed by atoms with Gasteiger partial charge in [-0.25, -0.2) is 0 Å². The molecule has 0 aliphatic carbocycles. The molecule has 2 aromatic rings. The second kappa shape index (κ2) is 6.80. The van der Waals surface area contributed by atoms with E-state index in [1.54, 1.807) is 14.2 Å². The standard InChI is InChI=1S/C19H20O2/c1-5-14(2)19(15-6-10-17(20-3)11-7-15)16-8-12-18(21-4)13-9-16/h5-13H,1H2,2-4H3. The van der Waals surface area contributed by atoms with Gasteiger partial charge in [0.1, 0.15) is 11.5 Å². The van der Waals surface area contributed by atoms with E-state index in [0.29, 0.717) is 0 Å². The van der Waals surface area contributed by atoms with Crippen molar-refractivity contribution in [3.8, 4) is 11.5 Å². The Morgan fingerprint density at radius 3 is 1.48 bits per heavy atom. The van der Waals surface area contributed by atoms with Crippen LogP contribution in [-0.2, 0) is 0 Å². The lowest BCUT2D eigenvalue weighted by Gasteiger charge is -2.12. The monoisotopic (exact) mass is 280 g/mol. The minimum Gasteiger partial charge on any atom is -0.497 e. The predicted octanol–water partition coefficient (Wildman–Crippen LogP) is 4.71. The summed E-state index contributed by atoms with van der Waals surface area (Å²) in [5, 5.41) is 0. The van der Waals surface area contributed by atoms with E-state index in [4.69, 9.17) is 9.47 Å². The summed E-state index contributed by atoms with van der Waals surface area (Å²) in [4.78, 5) is 0. The molecule has 108 valence electrons. The van der Waals surface area contributed by atoms with Crippen LogP contribution in [0.3, 0.4) is 0 Å². The van der Waals surface area contributed by atoms with Crippen LogP contribution >= 0.6 is 0 Å². The van der Waals surface area contributed by atoms with Crippen LogP contribution in [0.5, 0.6) is 11.5 Å². The van der Waals surface area contributed by atoms with Crippen molar-refractivity contribution in [3.63, 3.8) is 0 Å². The first-order valence-corrected chi connectivity index (χ1v) is 6.81. The van der Waals surface area contributed by atoms with Crippen LogP contribution in [0.2, 0.25) is 0 Å². The van der Waals surface area contributed by atoms with E-state index in [2.05, 4.69) is 37.8 Å². The summed E-state index contributed by atoms with van der Waals surface area (Å²) in [6.07, 6.45) is 1.88. The molecule has 0 amide bonds. The fourth-order valence-corrected chi connectivity index (χ4v) is 2.24. The van der Waals surface area contributed by atoms with Crippen molar-refractivity contribution in [2.75, 3.05) is 14.2 Å². The maximum absolute atomic E-state index is 5.22. The molecule has 2 heteroatoms. The third-order valence-electron chi connectivity index (χ3n) is 3.46. The Morgan fingerprint density at radius 1 is 0.810 bits per heavy atom. The van der Waals surface area contributed by atoms with E-state index in [1.807, 2.05) is 30.3 Å². The van der Waals surface area contributed by atoms with E-state index in [-0.39, 0.29) is 0 Å². The molecule has 0 atom stereocenters. The van der Waals surface area contributed by atoms with Gasteiger partial charge in [-0.3, -0.25) is 0 Å². The summed E-state index contributed by atoms with van der Waals surface area (Å²) >= 11 is 0. The summed E-state index contributed by atoms with van der Waals surface area (Å²) in [7, 11) is 3.34.